The molecule has 44 heavy (non-hydrogen) atoms. The number of halogens is 3. The smallest absolute Gasteiger partial charge is 0.403 e. The number of piperidine rings is 3. The van der Waals surface area contributed by atoms with Crippen LogP contribution in [0.2, 0.25) is 0 Å². The second kappa shape index (κ2) is 12.2. The molecule has 1 aromatic carbocycles. The molecule has 5 heterocycles. The van der Waals surface area contributed by atoms with Gasteiger partial charge >= 0.3 is 6.18 Å². The number of piperazine rings is 1. The number of anilines is 1. The molecule has 5 aliphatic rings. The minimum atomic E-state index is -4.56. The number of amides is 2. The maximum absolute atomic E-state index is 14.1. The van der Waals surface area contributed by atoms with E-state index in [4.69, 9.17) is 9.72 Å². The molecule has 0 radical (unpaired) electrons. The molecule has 5 fully saturated rings. The maximum Gasteiger partial charge on any atom is 0.403 e. The Morgan fingerprint density at radius 1 is 1.02 bits per heavy atom. The Morgan fingerprint density at radius 2 is 1.77 bits per heavy atom. The summed E-state index contributed by atoms with van der Waals surface area (Å²) in [4.78, 5) is 38.1. The van der Waals surface area contributed by atoms with E-state index in [0.29, 0.717) is 49.0 Å². The molecular weight excluding hydrogens is 571 g/mol. The molecule has 2 aromatic rings. The van der Waals surface area contributed by atoms with Crippen molar-refractivity contribution in [2.75, 3.05) is 50.8 Å². The number of carbonyl (C=O) groups is 2. The van der Waals surface area contributed by atoms with E-state index in [1.807, 2.05) is 50.2 Å². The lowest BCUT2D eigenvalue weighted by Crippen LogP contribution is -2.62. The first-order chi connectivity index (χ1) is 21.1. The van der Waals surface area contributed by atoms with E-state index < -0.39 is 17.5 Å². The molecule has 8 nitrogen and oxygen atoms in total. The largest absolute Gasteiger partial charge is 0.493 e. The lowest BCUT2D eigenvalue weighted by molar-refractivity contribution is -0.248. The van der Waals surface area contributed by atoms with Crippen molar-refractivity contribution < 1.29 is 27.5 Å². The molecule has 1 aliphatic carbocycles. The Hall–Kier alpha value is -3.34. The molecule has 1 saturated carbocycles. The zero-order valence-corrected chi connectivity index (χ0v) is 25.5. The van der Waals surface area contributed by atoms with Gasteiger partial charge in [-0.3, -0.25) is 9.59 Å². The number of nitrogens with one attached hydrogen (secondary N) is 1. The van der Waals surface area contributed by atoms with E-state index in [9.17, 15) is 22.8 Å². The van der Waals surface area contributed by atoms with E-state index in [1.54, 1.807) is 0 Å². The number of carbonyl (C=O) groups excluding carboxylic acids is 2. The number of hydrogen-bond acceptors (Lipinski definition) is 6. The van der Waals surface area contributed by atoms with Crippen LogP contribution >= 0.6 is 0 Å². The standard InChI is InChI=1S/C33H42F3N5O3/c1-3-23-20-40(31(43)32(14-7-15-32)33(34,35)36)18-19-41(23)27-11-10-25(24-8-5-6-9-28(24)44-4-2)37-29(27)30(42)38-26-21-39-16-12-22(26)13-17-39/h5-6,8-11,22-23,26H,3-4,7,12-21H2,1-2H3,(H,38,42)/t23-,26?/m1/s1. The number of para-hydroxylation sites is 1. The SMILES string of the molecule is CCOc1ccccc1-c1ccc(N2CCN(C(=O)C3(C(F)(F)F)CCC3)C[C@H]2CC)c(C(=O)NC2CN3CCC2CC3)n1. The Bertz CT molecular complexity index is 1370. The average Bonchev–Trinajstić information content (AvgIpc) is 3.00. The third-order valence-electron chi connectivity index (χ3n) is 10.2. The highest BCUT2D eigenvalue weighted by atomic mass is 19.4. The molecule has 1 unspecified atom stereocenters. The van der Waals surface area contributed by atoms with Crippen LogP contribution in [-0.4, -0.2) is 90.7 Å². The Kier molecular flexibility index (Phi) is 8.52. The molecule has 1 aromatic heterocycles. The van der Waals surface area contributed by atoms with E-state index >= 15 is 0 Å². The van der Waals surface area contributed by atoms with Gasteiger partial charge in [0, 0.05) is 43.8 Å². The van der Waals surface area contributed by atoms with Crippen LogP contribution < -0.4 is 15.0 Å². The van der Waals surface area contributed by atoms with Gasteiger partial charge in [0.05, 0.1) is 18.0 Å². The summed E-state index contributed by atoms with van der Waals surface area (Å²) in [6.45, 7) is 7.93. The fourth-order valence-electron chi connectivity index (χ4n) is 7.48. The molecule has 11 heteroatoms. The van der Waals surface area contributed by atoms with E-state index in [0.717, 1.165) is 38.0 Å². The van der Waals surface area contributed by atoms with Crippen molar-refractivity contribution in [2.24, 2.45) is 11.3 Å². The van der Waals surface area contributed by atoms with Gasteiger partial charge in [-0.2, -0.15) is 13.2 Å². The van der Waals surface area contributed by atoms with Crippen molar-refractivity contribution in [1.29, 1.82) is 0 Å². The van der Waals surface area contributed by atoms with Crippen LogP contribution in [0.3, 0.4) is 0 Å². The van der Waals surface area contributed by atoms with Crippen molar-refractivity contribution in [2.45, 2.75) is 70.6 Å². The molecule has 4 aliphatic heterocycles. The zero-order valence-electron chi connectivity index (χ0n) is 25.5. The van der Waals surface area contributed by atoms with Crippen LogP contribution in [0.4, 0.5) is 18.9 Å². The highest BCUT2D eigenvalue weighted by Gasteiger charge is 2.64. The lowest BCUT2D eigenvalue weighted by Gasteiger charge is -2.49. The number of alkyl halides is 3. The molecular formula is C33H42F3N5O3. The van der Waals surface area contributed by atoms with Gasteiger partial charge in [-0.1, -0.05) is 25.5 Å². The van der Waals surface area contributed by atoms with Crippen LogP contribution in [-0.2, 0) is 4.79 Å². The first-order valence-corrected chi connectivity index (χ1v) is 16.0. The van der Waals surface area contributed by atoms with Crippen LogP contribution in [0, 0.1) is 11.3 Å². The summed E-state index contributed by atoms with van der Waals surface area (Å²) in [6.07, 6.45) is -1.74. The normalized spacial score (nSPS) is 26.2. The monoisotopic (exact) mass is 613 g/mol. The highest BCUT2D eigenvalue weighted by Crippen LogP contribution is 2.54. The van der Waals surface area contributed by atoms with Gasteiger partial charge in [0.15, 0.2) is 5.69 Å². The summed E-state index contributed by atoms with van der Waals surface area (Å²) in [7, 11) is 0. The van der Waals surface area contributed by atoms with Gasteiger partial charge < -0.3 is 24.8 Å². The summed E-state index contributed by atoms with van der Waals surface area (Å²) in [6, 6.07) is 11.1. The van der Waals surface area contributed by atoms with Crippen molar-refractivity contribution in [3.8, 4) is 17.0 Å². The van der Waals surface area contributed by atoms with Gasteiger partial charge in [0.2, 0.25) is 5.91 Å². The van der Waals surface area contributed by atoms with Crippen LogP contribution in [0.1, 0.15) is 62.9 Å². The molecule has 2 amide bonds. The van der Waals surface area contributed by atoms with Crippen LogP contribution in [0.15, 0.2) is 36.4 Å². The first-order valence-electron chi connectivity index (χ1n) is 16.0. The summed E-state index contributed by atoms with van der Waals surface area (Å²) in [5, 5.41) is 3.29. The topological polar surface area (TPSA) is 78.0 Å². The summed E-state index contributed by atoms with van der Waals surface area (Å²) in [5.74, 6) is 0.0378. The van der Waals surface area contributed by atoms with E-state index in [1.165, 1.54) is 4.90 Å². The molecule has 238 valence electrons. The average molecular weight is 614 g/mol. The quantitative estimate of drug-likeness (QED) is 0.445. The van der Waals surface area contributed by atoms with Gasteiger partial charge in [0.1, 0.15) is 11.2 Å². The predicted molar refractivity (Wildman–Crippen MR) is 162 cm³/mol. The second-order valence-corrected chi connectivity index (χ2v) is 12.7. The fourth-order valence-corrected chi connectivity index (χ4v) is 7.48. The van der Waals surface area contributed by atoms with Gasteiger partial charge in [-0.05, 0) is 82.3 Å². The molecule has 2 bridgehead atoms. The fraction of sp³-hybridized carbons (Fsp3) is 0.606. The number of nitrogens with zero attached hydrogens (tertiary/aromatic N) is 4. The number of hydrogen-bond donors (Lipinski definition) is 1. The highest BCUT2D eigenvalue weighted by molar-refractivity contribution is 5.99. The third kappa shape index (κ3) is 5.52. The number of rotatable bonds is 8. The number of pyridine rings is 1. The van der Waals surface area contributed by atoms with E-state index in [-0.39, 0.29) is 49.6 Å². The minimum Gasteiger partial charge on any atom is -0.493 e. The summed E-state index contributed by atoms with van der Waals surface area (Å²) >= 11 is 0. The number of aromatic nitrogens is 1. The van der Waals surface area contributed by atoms with Crippen molar-refractivity contribution >= 4 is 17.5 Å². The molecule has 7 rings (SSSR count). The molecule has 1 N–H and O–H groups in total. The van der Waals surface area contributed by atoms with Gasteiger partial charge in [0.25, 0.3) is 5.91 Å². The number of benzene rings is 1. The van der Waals surface area contributed by atoms with Crippen molar-refractivity contribution in [3.63, 3.8) is 0 Å². The van der Waals surface area contributed by atoms with E-state index in [2.05, 4.69) is 15.1 Å². The van der Waals surface area contributed by atoms with Crippen molar-refractivity contribution in [1.82, 2.24) is 20.1 Å². The molecule has 2 atom stereocenters. The summed E-state index contributed by atoms with van der Waals surface area (Å²) < 4.78 is 47.9. The van der Waals surface area contributed by atoms with Gasteiger partial charge in [-0.25, -0.2) is 4.98 Å². The minimum absolute atomic E-state index is 0.0384. The molecule has 0 spiro atoms. The first kappa shape index (κ1) is 30.7. The number of fused-ring (bicyclic) bond motifs is 3. The van der Waals surface area contributed by atoms with Crippen LogP contribution in [0.25, 0.3) is 11.3 Å². The predicted octanol–water partition coefficient (Wildman–Crippen LogP) is 5.13. The Morgan fingerprint density at radius 3 is 2.39 bits per heavy atom. The lowest BCUT2D eigenvalue weighted by atomic mass is 9.67. The number of ether oxygens (including phenoxy) is 1. The Labute approximate surface area is 256 Å². The second-order valence-electron chi connectivity index (χ2n) is 12.7. The molecule has 4 saturated heterocycles. The summed E-state index contributed by atoms with van der Waals surface area (Å²) in [5.41, 5.74) is 0.0446. The van der Waals surface area contributed by atoms with Crippen LogP contribution in [0.5, 0.6) is 5.75 Å². The maximum atomic E-state index is 14.1. The van der Waals surface area contributed by atoms with Gasteiger partial charge in [-0.15, -0.1) is 0 Å². The Balaban J connectivity index is 1.31. The zero-order chi connectivity index (χ0) is 31.1. The third-order valence-corrected chi connectivity index (χ3v) is 10.2. The van der Waals surface area contributed by atoms with Crippen molar-refractivity contribution in [3.05, 3.63) is 42.1 Å².